The molecule has 0 fully saturated rings. The van der Waals surface area contributed by atoms with E-state index in [0.717, 1.165) is 19.3 Å². The van der Waals surface area contributed by atoms with Crippen LogP contribution < -0.4 is 4.74 Å². The second-order valence-electron chi connectivity index (χ2n) is 11.2. The molecule has 7 nitrogen and oxygen atoms in total. The summed E-state index contributed by atoms with van der Waals surface area (Å²) in [6.45, 7) is 12.1. The molecule has 1 aromatic carbocycles. The smallest absolute Gasteiger partial charge is 0.326 e. The molecule has 1 aromatic rings. The molecule has 3 rings (SSSR count). The highest BCUT2D eigenvalue weighted by atomic mass is 16.5. The number of rotatable bonds is 10. The molecule has 2 aliphatic heterocycles. The summed E-state index contributed by atoms with van der Waals surface area (Å²) < 4.78 is 6.39. The second-order valence-corrected chi connectivity index (χ2v) is 11.2. The summed E-state index contributed by atoms with van der Waals surface area (Å²) in [7, 11) is 0. The number of phenols is 1. The van der Waals surface area contributed by atoms with E-state index in [1.807, 2.05) is 20.8 Å². The van der Waals surface area contributed by atoms with Crippen LogP contribution >= 0.6 is 0 Å². The topological polar surface area (TPSA) is 107 Å². The van der Waals surface area contributed by atoms with Gasteiger partial charge >= 0.3 is 5.97 Å². The normalized spacial score (nSPS) is 22.2. The Hall–Kier alpha value is -2.80. The zero-order valence-electron chi connectivity index (χ0n) is 22.4. The lowest BCUT2D eigenvalue weighted by Crippen LogP contribution is -2.49. The molecular formula is C29H41NO6. The molecule has 0 saturated heterocycles. The molecule has 2 aliphatic rings. The van der Waals surface area contributed by atoms with Crippen LogP contribution in [0.25, 0.3) is 0 Å². The molecule has 3 atom stereocenters. The molecule has 0 aliphatic carbocycles. The molecule has 0 saturated carbocycles. The number of aliphatic carboxylic acids is 1. The first-order chi connectivity index (χ1) is 16.8. The van der Waals surface area contributed by atoms with Gasteiger partial charge in [0.15, 0.2) is 0 Å². The number of fused-ring (bicyclic) bond motifs is 3. The number of hydrogen-bond acceptors (Lipinski definition) is 5. The largest absolute Gasteiger partial charge is 0.508 e. The summed E-state index contributed by atoms with van der Waals surface area (Å²) in [6, 6.07) is 0.435. The van der Waals surface area contributed by atoms with Gasteiger partial charge < -0.3 is 25.0 Å². The predicted octanol–water partition coefficient (Wildman–Crippen LogP) is 5.37. The summed E-state index contributed by atoms with van der Waals surface area (Å²) in [4.78, 5) is 26.5. The number of benzene rings is 1. The average molecular weight is 500 g/mol. The highest BCUT2D eigenvalue weighted by Gasteiger charge is 2.45. The number of carbonyl (C=O) groups is 2. The van der Waals surface area contributed by atoms with Gasteiger partial charge in [0.1, 0.15) is 23.1 Å². The number of ether oxygens (including phenoxy) is 1. The molecular weight excluding hydrogens is 458 g/mol. The van der Waals surface area contributed by atoms with Crippen LogP contribution in [0.4, 0.5) is 0 Å². The van der Waals surface area contributed by atoms with Gasteiger partial charge in [0.2, 0.25) is 0 Å². The Morgan fingerprint density at radius 1 is 1.22 bits per heavy atom. The van der Waals surface area contributed by atoms with E-state index in [0.29, 0.717) is 29.7 Å². The van der Waals surface area contributed by atoms with Crippen LogP contribution in [0.1, 0.15) is 95.1 Å². The van der Waals surface area contributed by atoms with Crippen LogP contribution in [0, 0.1) is 5.92 Å². The van der Waals surface area contributed by atoms with Crippen LogP contribution in [0.3, 0.4) is 0 Å². The van der Waals surface area contributed by atoms with Gasteiger partial charge in [-0.25, -0.2) is 4.79 Å². The minimum atomic E-state index is -1.05. The lowest BCUT2D eigenvalue weighted by atomic mass is 9.84. The third-order valence-corrected chi connectivity index (χ3v) is 7.30. The van der Waals surface area contributed by atoms with Crippen LogP contribution in [-0.4, -0.2) is 49.8 Å². The zero-order chi connectivity index (χ0) is 26.8. The molecule has 2 heterocycles. The van der Waals surface area contributed by atoms with Gasteiger partial charge in [-0.3, -0.25) is 4.79 Å². The Labute approximate surface area is 214 Å². The Balaban J connectivity index is 1.83. The van der Waals surface area contributed by atoms with Crippen LogP contribution in [0.15, 0.2) is 29.4 Å². The van der Waals surface area contributed by atoms with Crippen molar-refractivity contribution in [3.8, 4) is 11.5 Å². The van der Waals surface area contributed by atoms with E-state index in [2.05, 4.69) is 32.9 Å². The Morgan fingerprint density at radius 3 is 2.53 bits per heavy atom. The number of aliphatic hydroxyl groups is 1. The lowest BCUT2D eigenvalue weighted by Gasteiger charge is -2.41. The number of carboxylic acid groups (broad SMARTS) is 1. The van der Waals surface area contributed by atoms with Crippen molar-refractivity contribution in [1.82, 2.24) is 4.90 Å². The van der Waals surface area contributed by atoms with Gasteiger partial charge in [-0.05, 0) is 71.8 Å². The second kappa shape index (κ2) is 11.1. The van der Waals surface area contributed by atoms with Gasteiger partial charge in [-0.1, -0.05) is 37.1 Å². The summed E-state index contributed by atoms with van der Waals surface area (Å²) in [5.41, 5.74) is 3.03. The zero-order valence-corrected chi connectivity index (χ0v) is 22.4. The number of phenolic OH excluding ortho intramolecular Hbond substituents is 1. The third-order valence-electron chi connectivity index (χ3n) is 7.30. The summed E-state index contributed by atoms with van der Waals surface area (Å²) >= 11 is 0. The van der Waals surface area contributed by atoms with E-state index in [9.17, 15) is 24.9 Å². The van der Waals surface area contributed by atoms with Crippen molar-refractivity contribution in [3.63, 3.8) is 0 Å². The molecule has 0 radical (unpaired) electrons. The summed E-state index contributed by atoms with van der Waals surface area (Å²) in [5, 5.41) is 31.4. The minimum absolute atomic E-state index is 0.0955. The first-order valence-corrected chi connectivity index (χ1v) is 12.9. The summed E-state index contributed by atoms with van der Waals surface area (Å²) in [6.07, 6.45) is 7.39. The average Bonchev–Trinajstić information content (AvgIpc) is 3.09. The number of aromatic hydroxyl groups is 1. The Kier molecular flexibility index (Phi) is 8.55. The van der Waals surface area contributed by atoms with Crippen LogP contribution in [0.5, 0.6) is 11.5 Å². The number of amides is 1. The van der Waals surface area contributed by atoms with E-state index in [-0.39, 0.29) is 30.2 Å². The van der Waals surface area contributed by atoms with Crippen molar-refractivity contribution in [3.05, 3.63) is 46.1 Å². The van der Waals surface area contributed by atoms with Crippen molar-refractivity contribution in [2.45, 2.75) is 104 Å². The van der Waals surface area contributed by atoms with Gasteiger partial charge in [-0.2, -0.15) is 0 Å². The first-order valence-electron chi connectivity index (χ1n) is 12.9. The van der Waals surface area contributed by atoms with Crippen LogP contribution in [0.2, 0.25) is 0 Å². The van der Waals surface area contributed by atoms with E-state index in [1.54, 1.807) is 0 Å². The van der Waals surface area contributed by atoms with Crippen molar-refractivity contribution >= 4 is 11.9 Å². The van der Waals surface area contributed by atoms with E-state index >= 15 is 0 Å². The molecule has 7 heteroatoms. The maximum Gasteiger partial charge on any atom is 0.326 e. The molecule has 198 valence electrons. The third kappa shape index (κ3) is 5.94. The highest BCUT2D eigenvalue weighted by Crippen LogP contribution is 2.46. The highest BCUT2D eigenvalue weighted by molar-refractivity contribution is 6.02. The molecule has 3 N–H and O–H groups in total. The minimum Gasteiger partial charge on any atom is -0.508 e. The van der Waals surface area contributed by atoms with E-state index < -0.39 is 29.6 Å². The Morgan fingerprint density at radius 2 is 1.92 bits per heavy atom. The van der Waals surface area contributed by atoms with E-state index in [4.69, 9.17) is 4.74 Å². The van der Waals surface area contributed by atoms with Gasteiger partial charge in [0.05, 0.1) is 18.2 Å². The van der Waals surface area contributed by atoms with Gasteiger partial charge in [-0.15, -0.1) is 0 Å². The number of hydrogen-bond donors (Lipinski definition) is 3. The number of aliphatic hydroxyl groups excluding tert-OH is 1. The predicted molar refractivity (Wildman–Crippen MR) is 139 cm³/mol. The maximum absolute atomic E-state index is 13.2. The quantitative estimate of drug-likeness (QED) is 0.373. The van der Waals surface area contributed by atoms with Crippen molar-refractivity contribution < 1.29 is 29.6 Å². The monoisotopic (exact) mass is 499 g/mol. The molecule has 0 bridgehead atoms. The van der Waals surface area contributed by atoms with Crippen molar-refractivity contribution in [1.29, 1.82) is 0 Å². The molecule has 0 spiro atoms. The molecule has 36 heavy (non-hydrogen) atoms. The van der Waals surface area contributed by atoms with Crippen molar-refractivity contribution in [2.24, 2.45) is 5.92 Å². The maximum atomic E-state index is 13.2. The number of allylic oxidation sites excluding steroid dienone is 4. The van der Waals surface area contributed by atoms with Crippen molar-refractivity contribution in [2.75, 3.05) is 0 Å². The van der Waals surface area contributed by atoms with Gasteiger partial charge in [0, 0.05) is 17.5 Å². The lowest BCUT2D eigenvalue weighted by molar-refractivity contribution is -0.143. The van der Waals surface area contributed by atoms with Crippen LogP contribution in [-0.2, 0) is 17.8 Å². The fourth-order valence-electron chi connectivity index (χ4n) is 5.08. The summed E-state index contributed by atoms with van der Waals surface area (Å²) in [5.74, 6) is -1.06. The standard InChI is InChI=1S/C29H41NO6/c1-17(2)9-7-10-19(5)11-8-12-29(6)25(32)15-21-24(31)14-20-22(26(21)36-29)16-30(27(20)33)23(28(34)35)13-18(3)4/h9,11,14,18,23,25,31-32H,7-8,10,12-13,15-16H2,1-6H3,(H,34,35)/b19-11+/t23-,25+,29+/m0/s1. The Bertz CT molecular complexity index is 1070. The molecule has 0 aromatic heterocycles. The first kappa shape index (κ1) is 27.8. The van der Waals surface area contributed by atoms with E-state index in [1.165, 1.54) is 22.1 Å². The number of carbonyl (C=O) groups excluding carboxylic acids is 1. The fraction of sp³-hybridized carbons (Fsp3) is 0.586. The fourth-order valence-corrected chi connectivity index (χ4v) is 5.08. The molecule has 0 unspecified atom stereocenters. The SMILES string of the molecule is CC(C)=CCC/C(C)=C/CC[C@@]1(C)Oc2c(c(O)cc3c2CN([C@@H](CC(C)C)C(=O)O)C3=O)C[C@H]1O. The number of nitrogens with zero attached hydrogens (tertiary/aromatic N) is 1. The van der Waals surface area contributed by atoms with Gasteiger partial charge in [0.25, 0.3) is 5.91 Å². The molecule has 1 amide bonds. The number of carboxylic acids is 1.